The van der Waals surface area contributed by atoms with Crippen molar-refractivity contribution in [1.82, 2.24) is 10.0 Å². The summed E-state index contributed by atoms with van der Waals surface area (Å²) in [5, 5.41) is 5.01. The summed E-state index contributed by atoms with van der Waals surface area (Å²) in [4.78, 5) is 1.28. The Morgan fingerprint density at radius 1 is 1.43 bits per heavy atom. The highest BCUT2D eigenvalue weighted by molar-refractivity contribution is 7.89. The Kier molecular flexibility index (Phi) is 5.79. The number of nitrogens with one attached hydrogen (secondary N) is 2. The molecule has 7 heteroatoms. The van der Waals surface area contributed by atoms with Crippen molar-refractivity contribution in [2.75, 3.05) is 26.8 Å². The second-order valence-corrected chi connectivity index (χ2v) is 8.29. The van der Waals surface area contributed by atoms with E-state index in [1.165, 1.54) is 11.3 Å². The quantitative estimate of drug-likeness (QED) is 0.687. The molecule has 1 aliphatic carbocycles. The number of thiophene rings is 1. The average Bonchev–Trinajstić information content (AvgIpc) is 3.08. The molecule has 0 amide bonds. The Morgan fingerprint density at radius 3 is 2.81 bits per heavy atom. The maximum atomic E-state index is 12.5. The largest absolute Gasteiger partial charge is 0.385 e. The Balaban J connectivity index is 1.97. The Morgan fingerprint density at radius 2 is 2.19 bits per heavy atom. The standard InChI is InChI=1S/C14H24N2O3S2/c1-3-15-10-12-13(4-9-20-12)21(17,18)16-11-14(5-6-14)7-8-19-2/h4,9,15-16H,3,5-8,10-11H2,1-2H3. The molecule has 1 aliphatic rings. The lowest BCUT2D eigenvalue weighted by atomic mass is 10.0. The van der Waals surface area contributed by atoms with Gasteiger partial charge in [-0.2, -0.15) is 0 Å². The first kappa shape index (κ1) is 16.9. The fraction of sp³-hybridized carbons (Fsp3) is 0.714. The minimum atomic E-state index is -3.42. The summed E-state index contributed by atoms with van der Waals surface area (Å²) >= 11 is 1.48. The molecule has 0 spiro atoms. The monoisotopic (exact) mass is 332 g/mol. The number of hydrogen-bond acceptors (Lipinski definition) is 5. The number of rotatable bonds is 10. The van der Waals surface area contributed by atoms with Crippen LogP contribution in [0.25, 0.3) is 0 Å². The van der Waals surface area contributed by atoms with Gasteiger partial charge in [-0.25, -0.2) is 13.1 Å². The second kappa shape index (κ2) is 7.19. The first-order valence-corrected chi connectivity index (χ1v) is 9.65. The van der Waals surface area contributed by atoms with E-state index in [9.17, 15) is 8.42 Å². The zero-order valence-electron chi connectivity index (χ0n) is 12.6. The summed E-state index contributed by atoms with van der Waals surface area (Å²) in [6.45, 7) is 4.62. The van der Waals surface area contributed by atoms with Crippen molar-refractivity contribution < 1.29 is 13.2 Å². The number of ether oxygens (including phenoxy) is 1. The van der Waals surface area contributed by atoms with Gasteiger partial charge < -0.3 is 10.1 Å². The van der Waals surface area contributed by atoms with Crippen LogP contribution in [0.5, 0.6) is 0 Å². The van der Waals surface area contributed by atoms with Gasteiger partial charge in [-0.3, -0.25) is 0 Å². The highest BCUT2D eigenvalue weighted by Crippen LogP contribution is 2.48. The third kappa shape index (κ3) is 4.50. The lowest BCUT2D eigenvalue weighted by Crippen LogP contribution is -2.31. The van der Waals surface area contributed by atoms with Gasteiger partial charge in [0, 0.05) is 31.7 Å². The Labute approximate surface area is 131 Å². The predicted molar refractivity (Wildman–Crippen MR) is 85.0 cm³/mol. The van der Waals surface area contributed by atoms with Gasteiger partial charge >= 0.3 is 0 Å². The minimum Gasteiger partial charge on any atom is -0.385 e. The Hall–Kier alpha value is -0.470. The molecule has 0 atom stereocenters. The highest BCUT2D eigenvalue weighted by Gasteiger charge is 2.42. The van der Waals surface area contributed by atoms with Gasteiger partial charge in [0.2, 0.25) is 10.0 Å². The predicted octanol–water partition coefficient (Wildman–Crippen LogP) is 1.95. The summed E-state index contributed by atoms with van der Waals surface area (Å²) in [5.74, 6) is 0. The lowest BCUT2D eigenvalue weighted by Gasteiger charge is -2.16. The van der Waals surface area contributed by atoms with Crippen molar-refractivity contribution in [3.05, 3.63) is 16.3 Å². The van der Waals surface area contributed by atoms with Crippen LogP contribution in [0.15, 0.2) is 16.3 Å². The van der Waals surface area contributed by atoms with Crippen LogP contribution in [-0.2, 0) is 21.3 Å². The maximum Gasteiger partial charge on any atom is 0.241 e. The molecule has 2 N–H and O–H groups in total. The molecule has 1 aromatic heterocycles. The molecule has 0 saturated heterocycles. The van der Waals surface area contributed by atoms with Gasteiger partial charge in [-0.1, -0.05) is 6.92 Å². The van der Waals surface area contributed by atoms with Crippen LogP contribution in [-0.4, -0.2) is 35.2 Å². The van der Waals surface area contributed by atoms with E-state index in [-0.39, 0.29) is 5.41 Å². The lowest BCUT2D eigenvalue weighted by molar-refractivity contribution is 0.173. The molecule has 0 unspecified atom stereocenters. The summed E-state index contributed by atoms with van der Waals surface area (Å²) < 4.78 is 32.8. The van der Waals surface area contributed by atoms with E-state index in [1.807, 2.05) is 12.3 Å². The van der Waals surface area contributed by atoms with Crippen molar-refractivity contribution in [2.45, 2.75) is 37.6 Å². The van der Waals surface area contributed by atoms with Gasteiger partial charge in [0.05, 0.1) is 4.90 Å². The highest BCUT2D eigenvalue weighted by atomic mass is 32.2. The van der Waals surface area contributed by atoms with Crippen molar-refractivity contribution in [3.63, 3.8) is 0 Å². The van der Waals surface area contributed by atoms with E-state index in [0.29, 0.717) is 24.6 Å². The van der Waals surface area contributed by atoms with Crippen molar-refractivity contribution >= 4 is 21.4 Å². The van der Waals surface area contributed by atoms with E-state index in [2.05, 4.69) is 10.0 Å². The molecule has 1 saturated carbocycles. The van der Waals surface area contributed by atoms with E-state index in [4.69, 9.17) is 4.74 Å². The number of hydrogen-bond donors (Lipinski definition) is 2. The normalized spacial score (nSPS) is 17.0. The molecule has 120 valence electrons. The molecular formula is C14H24N2O3S2. The topological polar surface area (TPSA) is 67.4 Å². The van der Waals surface area contributed by atoms with Crippen LogP contribution in [0.4, 0.5) is 0 Å². The van der Waals surface area contributed by atoms with Crippen LogP contribution in [0, 0.1) is 5.41 Å². The van der Waals surface area contributed by atoms with Crippen LogP contribution in [0.3, 0.4) is 0 Å². The molecule has 1 heterocycles. The van der Waals surface area contributed by atoms with E-state index >= 15 is 0 Å². The zero-order valence-corrected chi connectivity index (χ0v) is 14.3. The van der Waals surface area contributed by atoms with E-state index in [1.54, 1.807) is 13.2 Å². The first-order chi connectivity index (χ1) is 10.0. The van der Waals surface area contributed by atoms with Crippen molar-refractivity contribution in [3.8, 4) is 0 Å². The number of sulfonamides is 1. The van der Waals surface area contributed by atoms with Gasteiger partial charge in [0.15, 0.2) is 0 Å². The van der Waals surface area contributed by atoms with Gasteiger partial charge in [-0.15, -0.1) is 11.3 Å². The van der Waals surface area contributed by atoms with Crippen molar-refractivity contribution in [2.24, 2.45) is 5.41 Å². The minimum absolute atomic E-state index is 0.112. The van der Waals surface area contributed by atoms with Crippen LogP contribution >= 0.6 is 11.3 Å². The molecule has 0 aliphatic heterocycles. The van der Waals surface area contributed by atoms with E-state index < -0.39 is 10.0 Å². The molecule has 1 fully saturated rings. The molecule has 1 aromatic rings. The second-order valence-electron chi connectivity index (χ2n) is 5.56. The van der Waals surface area contributed by atoms with Gasteiger partial charge in [-0.05, 0) is 42.7 Å². The zero-order chi connectivity index (χ0) is 15.3. The average molecular weight is 332 g/mol. The smallest absolute Gasteiger partial charge is 0.241 e. The molecule has 0 aromatic carbocycles. The molecule has 21 heavy (non-hydrogen) atoms. The molecule has 5 nitrogen and oxygen atoms in total. The maximum absolute atomic E-state index is 12.5. The summed E-state index contributed by atoms with van der Waals surface area (Å²) in [5.41, 5.74) is 0.112. The number of methoxy groups -OCH3 is 1. The third-order valence-electron chi connectivity index (χ3n) is 3.96. The Bertz CT molecular complexity index is 550. The van der Waals surface area contributed by atoms with Gasteiger partial charge in [0.25, 0.3) is 0 Å². The van der Waals surface area contributed by atoms with Crippen molar-refractivity contribution in [1.29, 1.82) is 0 Å². The van der Waals surface area contributed by atoms with Crippen LogP contribution in [0.1, 0.15) is 31.1 Å². The summed E-state index contributed by atoms with van der Waals surface area (Å²) in [7, 11) is -1.74. The van der Waals surface area contributed by atoms with Crippen LogP contribution < -0.4 is 10.0 Å². The van der Waals surface area contributed by atoms with Crippen LogP contribution in [0.2, 0.25) is 0 Å². The first-order valence-electron chi connectivity index (χ1n) is 7.29. The molecule has 0 radical (unpaired) electrons. The van der Waals surface area contributed by atoms with E-state index in [0.717, 1.165) is 30.7 Å². The van der Waals surface area contributed by atoms with Gasteiger partial charge in [0.1, 0.15) is 0 Å². The fourth-order valence-electron chi connectivity index (χ4n) is 2.27. The third-order valence-corrected chi connectivity index (χ3v) is 6.50. The summed E-state index contributed by atoms with van der Waals surface area (Å²) in [6.07, 6.45) is 3.07. The fourth-order valence-corrected chi connectivity index (χ4v) is 4.84. The molecular weight excluding hydrogens is 308 g/mol. The molecule has 0 bridgehead atoms. The summed E-state index contributed by atoms with van der Waals surface area (Å²) in [6, 6.07) is 1.69. The molecule has 2 rings (SSSR count). The SMILES string of the molecule is CCNCc1sccc1S(=O)(=O)NCC1(CCOC)CC1.